The molecule has 0 aromatic heterocycles. The van der Waals surface area contributed by atoms with E-state index in [1.54, 1.807) is 12.1 Å². The van der Waals surface area contributed by atoms with E-state index in [1.807, 2.05) is 0 Å². The minimum absolute atomic E-state index is 0.0414. The van der Waals surface area contributed by atoms with Gasteiger partial charge in [-0.3, -0.25) is 10.1 Å². The molecule has 0 radical (unpaired) electrons. The van der Waals surface area contributed by atoms with E-state index in [1.165, 1.54) is 63.5 Å². The molecule has 1 rings (SSSR count). The summed E-state index contributed by atoms with van der Waals surface area (Å²) < 4.78 is 19.3. The molecule has 5 nitrogen and oxygen atoms in total. The van der Waals surface area contributed by atoms with Gasteiger partial charge in [0, 0.05) is 24.5 Å². The first-order chi connectivity index (χ1) is 14.0. The fourth-order valence-electron chi connectivity index (χ4n) is 3.46. The van der Waals surface area contributed by atoms with Crippen molar-refractivity contribution in [3.05, 3.63) is 34.4 Å². The van der Waals surface area contributed by atoms with Gasteiger partial charge in [0.05, 0.1) is 4.92 Å². The molecule has 1 aromatic carbocycles. The summed E-state index contributed by atoms with van der Waals surface area (Å²) in [6.45, 7) is 4.43. The number of unbranched alkanes of at least 4 members (excludes halogenated alkanes) is 10. The predicted molar refractivity (Wildman–Crippen MR) is 123 cm³/mol. The van der Waals surface area contributed by atoms with Gasteiger partial charge in [-0.15, -0.1) is 0 Å². The van der Waals surface area contributed by atoms with Gasteiger partial charge in [-0.1, -0.05) is 78.1 Å². The summed E-state index contributed by atoms with van der Waals surface area (Å²) in [5.41, 5.74) is 0.0414. The third-order valence-electron chi connectivity index (χ3n) is 5.35. The topological polar surface area (TPSA) is 69.4 Å². The number of nitrogens with zero attached hydrogens (tertiary/aromatic N) is 1. The van der Waals surface area contributed by atoms with Gasteiger partial charge in [-0.25, -0.2) is 0 Å². The molecule has 0 aliphatic heterocycles. The van der Waals surface area contributed by atoms with Crippen LogP contribution in [0.1, 0.15) is 90.9 Å². The van der Waals surface area contributed by atoms with E-state index >= 15 is 0 Å². The lowest BCUT2D eigenvalue weighted by Crippen LogP contribution is -2.07. The molecule has 0 saturated carbocycles. The van der Waals surface area contributed by atoms with Crippen molar-refractivity contribution in [2.75, 3.05) is 18.7 Å². The highest BCUT2D eigenvalue weighted by Crippen LogP contribution is 2.47. The standard InChI is InChI=1S/C23H40NO4P/c1-3-5-7-9-11-13-19-29(27,20-14-12-10-8-6-4-2)21-28-23-17-15-22(16-18-23)24(25)26/h15-18H,3-14,19-21H2,1-2H3. The van der Waals surface area contributed by atoms with Gasteiger partial charge in [-0.05, 0) is 25.0 Å². The summed E-state index contributed by atoms with van der Waals surface area (Å²) in [4.78, 5) is 10.3. The molecule has 0 saturated heterocycles. The summed E-state index contributed by atoms with van der Waals surface area (Å²) in [7, 11) is -2.38. The van der Waals surface area contributed by atoms with Crippen molar-refractivity contribution in [1.29, 1.82) is 0 Å². The monoisotopic (exact) mass is 425 g/mol. The Morgan fingerprint density at radius 3 is 1.69 bits per heavy atom. The first-order valence-electron chi connectivity index (χ1n) is 11.4. The van der Waals surface area contributed by atoms with Crippen molar-refractivity contribution < 1.29 is 14.2 Å². The van der Waals surface area contributed by atoms with E-state index in [2.05, 4.69) is 13.8 Å². The van der Waals surface area contributed by atoms with Gasteiger partial charge in [0.15, 0.2) is 0 Å². The zero-order valence-electron chi connectivity index (χ0n) is 18.4. The zero-order valence-corrected chi connectivity index (χ0v) is 19.3. The zero-order chi connectivity index (χ0) is 21.4. The molecule has 0 atom stereocenters. The van der Waals surface area contributed by atoms with Crippen molar-refractivity contribution in [1.82, 2.24) is 0 Å². The quantitative estimate of drug-likeness (QED) is 0.103. The highest BCUT2D eigenvalue weighted by Gasteiger charge is 2.22. The second-order valence-corrected chi connectivity index (χ2v) is 11.3. The average Bonchev–Trinajstić information content (AvgIpc) is 2.72. The van der Waals surface area contributed by atoms with Crippen LogP contribution in [0.15, 0.2) is 24.3 Å². The maximum Gasteiger partial charge on any atom is 0.269 e. The van der Waals surface area contributed by atoms with Crippen LogP contribution >= 0.6 is 7.14 Å². The smallest absolute Gasteiger partial charge is 0.269 e. The van der Waals surface area contributed by atoms with Crippen LogP contribution in [0.3, 0.4) is 0 Å². The van der Waals surface area contributed by atoms with Crippen LogP contribution in [-0.2, 0) is 4.57 Å². The number of rotatable bonds is 18. The minimum Gasteiger partial charge on any atom is -0.486 e. The molecule has 0 heterocycles. The summed E-state index contributed by atoms with van der Waals surface area (Å²) in [6, 6.07) is 6.05. The van der Waals surface area contributed by atoms with E-state index in [-0.39, 0.29) is 12.0 Å². The van der Waals surface area contributed by atoms with Crippen LogP contribution in [-0.4, -0.2) is 23.6 Å². The molecule has 166 valence electrons. The van der Waals surface area contributed by atoms with Gasteiger partial charge < -0.3 is 9.30 Å². The number of nitro benzene ring substituents is 1. The van der Waals surface area contributed by atoms with Crippen molar-refractivity contribution in [3.63, 3.8) is 0 Å². The van der Waals surface area contributed by atoms with Gasteiger partial charge in [0.25, 0.3) is 5.69 Å². The molecule has 1 aromatic rings. The van der Waals surface area contributed by atoms with Crippen LogP contribution in [0.2, 0.25) is 0 Å². The SMILES string of the molecule is CCCCCCCCP(=O)(CCCCCCCC)COc1ccc([N+](=O)[O-])cc1. The molecule has 6 heteroatoms. The first-order valence-corrected chi connectivity index (χ1v) is 13.7. The van der Waals surface area contributed by atoms with Crippen LogP contribution in [0.4, 0.5) is 5.69 Å². The second kappa shape index (κ2) is 15.5. The lowest BCUT2D eigenvalue weighted by molar-refractivity contribution is -0.384. The van der Waals surface area contributed by atoms with E-state index in [4.69, 9.17) is 4.74 Å². The average molecular weight is 426 g/mol. The molecule has 0 fully saturated rings. The van der Waals surface area contributed by atoms with Crippen molar-refractivity contribution in [2.45, 2.75) is 90.9 Å². The van der Waals surface area contributed by atoms with Crippen LogP contribution in [0.5, 0.6) is 5.75 Å². The maximum atomic E-state index is 13.5. The number of ether oxygens (including phenoxy) is 1. The lowest BCUT2D eigenvalue weighted by Gasteiger charge is -2.19. The molecule has 0 unspecified atom stereocenters. The summed E-state index contributed by atoms with van der Waals surface area (Å²) in [6.07, 6.45) is 16.0. The highest BCUT2D eigenvalue weighted by atomic mass is 31.2. The van der Waals surface area contributed by atoms with Gasteiger partial charge in [0.2, 0.25) is 0 Å². The number of non-ortho nitro benzene ring substituents is 1. The molecule has 0 N–H and O–H groups in total. The van der Waals surface area contributed by atoms with Crippen LogP contribution in [0, 0.1) is 10.1 Å². The van der Waals surface area contributed by atoms with Gasteiger partial charge >= 0.3 is 0 Å². The fourth-order valence-corrected chi connectivity index (χ4v) is 5.92. The fraction of sp³-hybridized carbons (Fsp3) is 0.739. The van der Waals surface area contributed by atoms with Crippen LogP contribution < -0.4 is 4.74 Å². The Labute approximate surface area is 177 Å². The lowest BCUT2D eigenvalue weighted by atomic mass is 10.1. The maximum absolute atomic E-state index is 13.5. The molecule has 0 aliphatic rings. The molecule has 0 amide bonds. The Morgan fingerprint density at radius 1 is 0.793 bits per heavy atom. The molecule has 0 aliphatic carbocycles. The van der Waals surface area contributed by atoms with Gasteiger partial charge in [0.1, 0.15) is 19.2 Å². The highest BCUT2D eigenvalue weighted by molar-refractivity contribution is 7.63. The molecular formula is C23H40NO4P. The molecule has 29 heavy (non-hydrogen) atoms. The Morgan fingerprint density at radius 2 is 1.24 bits per heavy atom. The Kier molecular flexibility index (Phi) is 13.7. The summed E-state index contributed by atoms with van der Waals surface area (Å²) in [5, 5.41) is 10.8. The second-order valence-electron chi connectivity index (χ2n) is 8.07. The first kappa shape index (κ1) is 25.7. The van der Waals surface area contributed by atoms with E-state index in [0.717, 1.165) is 38.0 Å². The number of benzene rings is 1. The van der Waals surface area contributed by atoms with Crippen molar-refractivity contribution in [2.24, 2.45) is 0 Å². The summed E-state index contributed by atoms with van der Waals surface area (Å²) in [5.74, 6) is 0.557. The Bertz CT molecular complexity index is 583. The normalized spacial score (nSPS) is 11.5. The summed E-state index contributed by atoms with van der Waals surface area (Å²) >= 11 is 0. The van der Waals surface area contributed by atoms with E-state index in [0.29, 0.717) is 5.75 Å². The largest absolute Gasteiger partial charge is 0.486 e. The molecule has 0 bridgehead atoms. The third kappa shape index (κ3) is 12.1. The number of hydrogen-bond donors (Lipinski definition) is 0. The van der Waals surface area contributed by atoms with Crippen LogP contribution in [0.25, 0.3) is 0 Å². The predicted octanol–water partition coefficient (Wildman–Crippen LogP) is 8.02. The minimum atomic E-state index is -2.38. The Hall–Kier alpha value is -1.35. The van der Waals surface area contributed by atoms with Crippen molar-refractivity contribution in [3.8, 4) is 5.75 Å². The Balaban J connectivity index is 2.51. The molecule has 0 spiro atoms. The third-order valence-corrected chi connectivity index (χ3v) is 8.21. The van der Waals surface area contributed by atoms with Crippen molar-refractivity contribution >= 4 is 12.8 Å². The molecular weight excluding hydrogens is 385 g/mol. The number of nitro groups is 1. The van der Waals surface area contributed by atoms with E-state index < -0.39 is 12.1 Å². The number of hydrogen-bond acceptors (Lipinski definition) is 4. The van der Waals surface area contributed by atoms with E-state index in [9.17, 15) is 14.7 Å². The van der Waals surface area contributed by atoms with Gasteiger partial charge in [-0.2, -0.15) is 0 Å².